The number of hydrogen-bond donors (Lipinski definition) is 2. The third kappa shape index (κ3) is 2.92. The molecular weight excluding hydrogens is 268 g/mol. The van der Waals surface area contributed by atoms with Crippen molar-refractivity contribution < 1.29 is 23.1 Å². The summed E-state index contributed by atoms with van der Waals surface area (Å²) < 4.78 is 27.5. The SMILES string of the molecule is O=C(O)c1ccccc1Oc1ccccc1[SH](=O)=O. The number of rotatable bonds is 4. The van der Waals surface area contributed by atoms with Gasteiger partial charge in [0.2, 0.25) is 0 Å². The Hall–Kier alpha value is -2.34. The summed E-state index contributed by atoms with van der Waals surface area (Å²) >= 11 is 0. The molecule has 2 aromatic carbocycles. The lowest BCUT2D eigenvalue weighted by molar-refractivity contribution is 0.0694. The first kappa shape index (κ1) is 13.1. The molecular formula is C13H10O5S. The average Bonchev–Trinajstić information content (AvgIpc) is 2.39. The summed E-state index contributed by atoms with van der Waals surface area (Å²) in [5.74, 6) is -0.939. The minimum Gasteiger partial charge on any atom is -0.478 e. The van der Waals surface area contributed by atoms with E-state index in [2.05, 4.69) is 0 Å². The fourth-order valence-electron chi connectivity index (χ4n) is 1.55. The average molecular weight is 278 g/mol. The van der Waals surface area contributed by atoms with E-state index in [4.69, 9.17) is 9.84 Å². The number of carboxylic acids is 1. The zero-order valence-electron chi connectivity index (χ0n) is 9.65. The Morgan fingerprint density at radius 3 is 2.16 bits per heavy atom. The Balaban J connectivity index is 2.45. The summed E-state index contributed by atoms with van der Waals surface area (Å²) in [7, 11) is -2.81. The van der Waals surface area contributed by atoms with Crippen molar-refractivity contribution in [2.45, 2.75) is 4.90 Å². The normalized spacial score (nSPS) is 10.4. The molecule has 2 aromatic rings. The van der Waals surface area contributed by atoms with Gasteiger partial charge in [0.25, 0.3) is 0 Å². The van der Waals surface area contributed by atoms with Gasteiger partial charge in [-0.1, -0.05) is 24.3 Å². The van der Waals surface area contributed by atoms with E-state index in [0.717, 1.165) is 0 Å². The van der Waals surface area contributed by atoms with Gasteiger partial charge in [-0.3, -0.25) is 0 Å². The van der Waals surface area contributed by atoms with E-state index in [1.165, 1.54) is 24.3 Å². The van der Waals surface area contributed by atoms with Gasteiger partial charge in [0.15, 0.2) is 10.7 Å². The van der Waals surface area contributed by atoms with Crippen molar-refractivity contribution >= 4 is 16.7 Å². The summed E-state index contributed by atoms with van der Waals surface area (Å²) in [6.07, 6.45) is 0. The largest absolute Gasteiger partial charge is 0.478 e. The molecule has 0 aromatic heterocycles. The third-order valence-electron chi connectivity index (χ3n) is 2.40. The number of benzene rings is 2. The standard InChI is InChI=1S/C13H10O5S/c14-13(15)9-5-1-2-6-10(9)18-11-7-3-4-8-12(11)19(16)17/h1-8,19H,(H,14,15). The van der Waals surface area contributed by atoms with Gasteiger partial charge in [-0.15, -0.1) is 0 Å². The van der Waals surface area contributed by atoms with Crippen molar-refractivity contribution in [3.8, 4) is 11.5 Å². The maximum Gasteiger partial charge on any atom is 0.339 e. The number of ether oxygens (including phenoxy) is 1. The predicted molar refractivity (Wildman–Crippen MR) is 68.5 cm³/mol. The van der Waals surface area contributed by atoms with Crippen LogP contribution in [-0.4, -0.2) is 19.5 Å². The van der Waals surface area contributed by atoms with Gasteiger partial charge in [0.05, 0.1) is 0 Å². The quantitative estimate of drug-likeness (QED) is 0.837. The van der Waals surface area contributed by atoms with Gasteiger partial charge in [0, 0.05) is 0 Å². The van der Waals surface area contributed by atoms with Crippen LogP contribution in [0, 0.1) is 0 Å². The van der Waals surface area contributed by atoms with Crippen molar-refractivity contribution in [2.75, 3.05) is 0 Å². The molecule has 0 heterocycles. The monoisotopic (exact) mass is 278 g/mol. The predicted octanol–water partition coefficient (Wildman–Crippen LogP) is 2.15. The molecule has 0 amide bonds. The smallest absolute Gasteiger partial charge is 0.339 e. The van der Waals surface area contributed by atoms with Gasteiger partial charge < -0.3 is 9.84 Å². The molecule has 0 fully saturated rings. The molecule has 1 N–H and O–H groups in total. The highest BCUT2D eigenvalue weighted by molar-refractivity contribution is 7.72. The number of aromatic carboxylic acids is 1. The van der Waals surface area contributed by atoms with Crippen LogP contribution in [0.25, 0.3) is 0 Å². The molecule has 0 saturated carbocycles. The first-order valence-corrected chi connectivity index (χ1v) is 6.51. The number of hydrogen-bond acceptors (Lipinski definition) is 4. The van der Waals surface area contributed by atoms with Crippen LogP contribution in [0.3, 0.4) is 0 Å². The van der Waals surface area contributed by atoms with Crippen molar-refractivity contribution in [1.29, 1.82) is 0 Å². The molecule has 0 unspecified atom stereocenters. The van der Waals surface area contributed by atoms with Crippen molar-refractivity contribution in [1.82, 2.24) is 0 Å². The molecule has 0 bridgehead atoms. The molecule has 0 aliphatic carbocycles. The summed E-state index contributed by atoms with van der Waals surface area (Å²) in [6, 6.07) is 12.1. The van der Waals surface area contributed by atoms with Crippen LogP contribution in [0.2, 0.25) is 0 Å². The molecule has 19 heavy (non-hydrogen) atoms. The molecule has 0 spiro atoms. The summed E-state index contributed by atoms with van der Waals surface area (Å²) in [5.41, 5.74) is -0.0292. The van der Waals surface area contributed by atoms with Crippen molar-refractivity contribution in [2.24, 2.45) is 0 Å². The van der Waals surface area contributed by atoms with E-state index >= 15 is 0 Å². The van der Waals surface area contributed by atoms with Crippen LogP contribution in [0.1, 0.15) is 10.4 Å². The van der Waals surface area contributed by atoms with E-state index in [1.807, 2.05) is 0 Å². The molecule has 0 radical (unpaired) electrons. The Morgan fingerprint density at radius 2 is 1.53 bits per heavy atom. The van der Waals surface area contributed by atoms with Crippen molar-refractivity contribution in [3.05, 3.63) is 54.1 Å². The molecule has 2 rings (SSSR count). The first-order valence-electron chi connectivity index (χ1n) is 5.33. The van der Waals surface area contributed by atoms with Crippen LogP contribution in [0.15, 0.2) is 53.4 Å². The first-order chi connectivity index (χ1) is 9.09. The minimum atomic E-state index is -2.81. The number of carboxylic acid groups (broad SMARTS) is 1. The zero-order valence-corrected chi connectivity index (χ0v) is 10.5. The summed E-state index contributed by atoms with van der Waals surface area (Å²) in [4.78, 5) is 11.0. The Morgan fingerprint density at radius 1 is 0.947 bits per heavy atom. The maximum atomic E-state index is 11.1. The van der Waals surface area contributed by atoms with E-state index < -0.39 is 16.7 Å². The second-order valence-corrected chi connectivity index (χ2v) is 4.62. The Bertz CT molecular complexity index is 683. The molecule has 0 saturated heterocycles. The van der Waals surface area contributed by atoms with Gasteiger partial charge in [-0.05, 0) is 24.3 Å². The topological polar surface area (TPSA) is 80.7 Å². The van der Waals surface area contributed by atoms with Crippen molar-refractivity contribution in [3.63, 3.8) is 0 Å². The van der Waals surface area contributed by atoms with Gasteiger partial charge in [0.1, 0.15) is 22.0 Å². The number of carbonyl (C=O) groups is 1. The second kappa shape index (κ2) is 5.53. The van der Waals surface area contributed by atoms with Gasteiger partial charge in [-0.2, -0.15) is 0 Å². The summed E-state index contributed by atoms with van der Waals surface area (Å²) in [6.45, 7) is 0. The van der Waals surface area contributed by atoms with E-state index in [-0.39, 0.29) is 22.0 Å². The van der Waals surface area contributed by atoms with E-state index in [9.17, 15) is 13.2 Å². The molecule has 0 aliphatic heterocycles. The fraction of sp³-hybridized carbons (Fsp3) is 0. The Kier molecular flexibility index (Phi) is 3.82. The van der Waals surface area contributed by atoms with Crippen LogP contribution < -0.4 is 4.74 Å². The Labute approximate surface area is 111 Å². The van der Waals surface area contributed by atoms with Crippen LogP contribution in [0.4, 0.5) is 0 Å². The zero-order chi connectivity index (χ0) is 13.8. The number of thiol groups is 1. The molecule has 0 aliphatic rings. The highest BCUT2D eigenvalue weighted by atomic mass is 32.2. The minimum absolute atomic E-state index is 0.0118. The molecule has 0 atom stereocenters. The van der Waals surface area contributed by atoms with Crippen LogP contribution in [-0.2, 0) is 10.7 Å². The van der Waals surface area contributed by atoms with Crippen LogP contribution >= 0.6 is 0 Å². The molecule has 6 heteroatoms. The van der Waals surface area contributed by atoms with Gasteiger partial charge >= 0.3 is 5.97 Å². The third-order valence-corrected chi connectivity index (χ3v) is 3.16. The lowest BCUT2D eigenvalue weighted by atomic mass is 10.2. The maximum absolute atomic E-state index is 11.1. The second-order valence-electron chi connectivity index (χ2n) is 3.63. The highest BCUT2D eigenvalue weighted by Gasteiger charge is 2.13. The van der Waals surface area contributed by atoms with Gasteiger partial charge in [-0.25, -0.2) is 13.2 Å². The highest BCUT2D eigenvalue weighted by Crippen LogP contribution is 2.28. The van der Waals surface area contributed by atoms with E-state index in [1.54, 1.807) is 24.3 Å². The lowest BCUT2D eigenvalue weighted by Crippen LogP contribution is -2.00. The van der Waals surface area contributed by atoms with E-state index in [0.29, 0.717) is 0 Å². The molecule has 98 valence electrons. The number of para-hydroxylation sites is 2. The fourth-order valence-corrected chi connectivity index (χ4v) is 2.05. The van der Waals surface area contributed by atoms with Crippen LogP contribution in [0.5, 0.6) is 11.5 Å². The molecule has 5 nitrogen and oxygen atoms in total. The summed E-state index contributed by atoms with van der Waals surface area (Å²) in [5, 5.41) is 9.02. The lowest BCUT2D eigenvalue weighted by Gasteiger charge is -2.09.